The number of aryl methyl sites for hydroxylation is 1. The Balaban J connectivity index is 3.05. The van der Waals surface area contributed by atoms with Gasteiger partial charge in [0.25, 0.3) is 0 Å². The molecule has 1 N–H and O–H groups in total. The highest BCUT2D eigenvalue weighted by Crippen LogP contribution is 2.07. The van der Waals surface area contributed by atoms with Crippen LogP contribution < -0.4 is 0 Å². The molecular weight excluding hydrogens is 214 g/mol. The van der Waals surface area contributed by atoms with Gasteiger partial charge in [-0.15, -0.1) is 0 Å². The standard InChI is InChI=1S/C10H13NO3S/c1-8-4-3-5-9(6-8)10(11-12)7-15(2,13)14/h3-6,12H,7H2,1-2H3/b11-10-. The van der Waals surface area contributed by atoms with Crippen LogP contribution in [0.1, 0.15) is 11.1 Å². The quantitative estimate of drug-likeness (QED) is 0.479. The topological polar surface area (TPSA) is 66.7 Å². The molecule has 82 valence electrons. The van der Waals surface area contributed by atoms with E-state index in [9.17, 15) is 8.42 Å². The Labute approximate surface area is 89.2 Å². The van der Waals surface area contributed by atoms with Gasteiger partial charge in [0.05, 0.1) is 5.75 Å². The van der Waals surface area contributed by atoms with Crippen molar-refractivity contribution >= 4 is 15.5 Å². The summed E-state index contributed by atoms with van der Waals surface area (Å²) < 4.78 is 22.1. The fourth-order valence-electron chi connectivity index (χ4n) is 1.24. The molecule has 1 aromatic rings. The fourth-order valence-corrected chi connectivity index (χ4v) is 1.96. The lowest BCUT2D eigenvalue weighted by Crippen LogP contribution is -2.15. The maximum absolute atomic E-state index is 11.1. The van der Waals surface area contributed by atoms with Gasteiger partial charge in [-0.25, -0.2) is 8.42 Å². The number of oxime groups is 1. The highest BCUT2D eigenvalue weighted by Gasteiger charge is 2.11. The summed E-state index contributed by atoms with van der Waals surface area (Å²) in [5.41, 5.74) is 1.78. The van der Waals surface area contributed by atoms with Crippen LogP contribution in [0.4, 0.5) is 0 Å². The predicted molar refractivity (Wildman–Crippen MR) is 59.2 cm³/mol. The first-order valence-corrected chi connectivity index (χ1v) is 6.44. The van der Waals surface area contributed by atoms with E-state index >= 15 is 0 Å². The van der Waals surface area contributed by atoms with Gasteiger partial charge in [-0.2, -0.15) is 0 Å². The van der Waals surface area contributed by atoms with Gasteiger partial charge < -0.3 is 5.21 Å². The van der Waals surface area contributed by atoms with Gasteiger partial charge in [-0.1, -0.05) is 35.0 Å². The molecule has 15 heavy (non-hydrogen) atoms. The zero-order chi connectivity index (χ0) is 11.5. The van der Waals surface area contributed by atoms with Crippen LogP contribution in [0.5, 0.6) is 0 Å². The third-order valence-electron chi connectivity index (χ3n) is 1.87. The summed E-state index contributed by atoms with van der Waals surface area (Å²) in [5.74, 6) is -0.257. The van der Waals surface area contributed by atoms with Crippen molar-refractivity contribution in [3.8, 4) is 0 Å². The number of benzene rings is 1. The molecule has 0 bridgehead atoms. The van der Waals surface area contributed by atoms with Crippen molar-refractivity contribution in [3.63, 3.8) is 0 Å². The minimum absolute atomic E-state index is 0.168. The average molecular weight is 227 g/mol. The fraction of sp³-hybridized carbons (Fsp3) is 0.300. The van der Waals surface area contributed by atoms with E-state index < -0.39 is 9.84 Å². The van der Waals surface area contributed by atoms with Crippen molar-refractivity contribution in [2.45, 2.75) is 6.92 Å². The summed E-state index contributed by atoms with van der Waals surface area (Å²) in [5, 5.41) is 11.8. The minimum atomic E-state index is -3.19. The first kappa shape index (κ1) is 11.7. The van der Waals surface area contributed by atoms with Crippen LogP contribution in [-0.2, 0) is 9.84 Å². The molecule has 0 unspecified atom stereocenters. The van der Waals surface area contributed by atoms with Gasteiger partial charge in [0.1, 0.15) is 5.71 Å². The molecule has 1 rings (SSSR count). The predicted octanol–water partition coefficient (Wildman–Crippen LogP) is 1.22. The highest BCUT2D eigenvalue weighted by atomic mass is 32.2. The van der Waals surface area contributed by atoms with E-state index in [4.69, 9.17) is 5.21 Å². The molecule has 0 fully saturated rings. The second-order valence-electron chi connectivity index (χ2n) is 3.49. The Morgan fingerprint density at radius 1 is 1.47 bits per heavy atom. The minimum Gasteiger partial charge on any atom is -0.411 e. The molecule has 0 aliphatic heterocycles. The number of rotatable bonds is 3. The van der Waals surface area contributed by atoms with Gasteiger partial charge >= 0.3 is 0 Å². The largest absolute Gasteiger partial charge is 0.411 e. The van der Waals surface area contributed by atoms with Crippen molar-refractivity contribution in [1.82, 2.24) is 0 Å². The molecule has 0 aliphatic carbocycles. The van der Waals surface area contributed by atoms with Gasteiger partial charge in [0.2, 0.25) is 0 Å². The molecule has 0 amide bonds. The van der Waals surface area contributed by atoms with E-state index in [1.165, 1.54) is 0 Å². The maximum Gasteiger partial charge on any atom is 0.153 e. The Hall–Kier alpha value is -1.36. The van der Waals surface area contributed by atoms with Crippen LogP contribution >= 0.6 is 0 Å². The highest BCUT2D eigenvalue weighted by molar-refractivity contribution is 7.91. The van der Waals surface area contributed by atoms with E-state index in [1.54, 1.807) is 18.2 Å². The third-order valence-corrected chi connectivity index (χ3v) is 2.67. The summed E-state index contributed by atoms with van der Waals surface area (Å²) in [6.07, 6.45) is 1.11. The molecule has 0 saturated heterocycles. The number of nitrogens with zero attached hydrogens (tertiary/aromatic N) is 1. The Kier molecular flexibility index (Phi) is 3.47. The zero-order valence-corrected chi connectivity index (χ0v) is 9.45. The molecule has 0 saturated carbocycles. The monoisotopic (exact) mass is 227 g/mol. The summed E-state index contributed by atoms with van der Waals surface area (Å²) in [7, 11) is -3.19. The van der Waals surface area contributed by atoms with Gasteiger partial charge in [0, 0.05) is 11.8 Å². The molecule has 0 heterocycles. The Morgan fingerprint density at radius 3 is 2.60 bits per heavy atom. The third kappa shape index (κ3) is 3.71. The van der Waals surface area contributed by atoms with E-state index in [2.05, 4.69) is 5.16 Å². The zero-order valence-electron chi connectivity index (χ0n) is 8.64. The smallest absolute Gasteiger partial charge is 0.153 e. The SMILES string of the molecule is Cc1cccc(/C(CS(C)(=O)=O)=N\O)c1. The summed E-state index contributed by atoms with van der Waals surface area (Å²) in [6, 6.07) is 7.17. The summed E-state index contributed by atoms with van der Waals surface area (Å²) in [4.78, 5) is 0. The normalized spacial score (nSPS) is 12.8. The average Bonchev–Trinajstić information content (AvgIpc) is 2.13. The van der Waals surface area contributed by atoms with Gasteiger partial charge in [0.15, 0.2) is 9.84 Å². The number of sulfone groups is 1. The molecular formula is C10H13NO3S. The van der Waals surface area contributed by atoms with E-state index in [-0.39, 0.29) is 11.5 Å². The van der Waals surface area contributed by atoms with Crippen molar-refractivity contribution in [1.29, 1.82) is 0 Å². The van der Waals surface area contributed by atoms with Crippen molar-refractivity contribution < 1.29 is 13.6 Å². The maximum atomic E-state index is 11.1. The summed E-state index contributed by atoms with van der Waals surface area (Å²) in [6.45, 7) is 1.89. The van der Waals surface area contributed by atoms with Crippen LogP contribution in [0, 0.1) is 6.92 Å². The molecule has 0 aliphatic rings. The molecule has 0 spiro atoms. The molecule has 0 atom stereocenters. The van der Waals surface area contributed by atoms with Crippen LogP contribution in [0.2, 0.25) is 0 Å². The number of hydrogen-bond donors (Lipinski definition) is 1. The van der Waals surface area contributed by atoms with Crippen LogP contribution in [0.15, 0.2) is 29.4 Å². The van der Waals surface area contributed by atoms with Gasteiger partial charge in [-0.05, 0) is 6.92 Å². The van der Waals surface area contributed by atoms with E-state index in [0.29, 0.717) is 5.56 Å². The Bertz CT molecular complexity index is 477. The molecule has 5 heteroatoms. The second-order valence-corrected chi connectivity index (χ2v) is 5.63. The number of hydrogen-bond acceptors (Lipinski definition) is 4. The van der Waals surface area contributed by atoms with Crippen LogP contribution in [0.25, 0.3) is 0 Å². The second kappa shape index (κ2) is 4.44. The van der Waals surface area contributed by atoms with Gasteiger partial charge in [-0.3, -0.25) is 0 Å². The van der Waals surface area contributed by atoms with Crippen LogP contribution in [0.3, 0.4) is 0 Å². The summed E-state index contributed by atoms with van der Waals surface area (Å²) >= 11 is 0. The van der Waals surface area contributed by atoms with Crippen LogP contribution in [-0.4, -0.2) is 31.3 Å². The molecule has 0 radical (unpaired) electrons. The van der Waals surface area contributed by atoms with Crippen molar-refractivity contribution in [2.24, 2.45) is 5.16 Å². The van der Waals surface area contributed by atoms with E-state index in [1.807, 2.05) is 13.0 Å². The lowest BCUT2D eigenvalue weighted by atomic mass is 10.1. The van der Waals surface area contributed by atoms with Crippen molar-refractivity contribution in [3.05, 3.63) is 35.4 Å². The Morgan fingerprint density at radius 2 is 2.13 bits per heavy atom. The van der Waals surface area contributed by atoms with E-state index in [0.717, 1.165) is 11.8 Å². The first-order chi connectivity index (χ1) is 6.92. The molecule has 0 aromatic heterocycles. The lowest BCUT2D eigenvalue weighted by molar-refractivity contribution is 0.319. The molecule has 1 aromatic carbocycles. The first-order valence-electron chi connectivity index (χ1n) is 4.38. The lowest BCUT2D eigenvalue weighted by Gasteiger charge is -2.03. The van der Waals surface area contributed by atoms with Crippen molar-refractivity contribution in [2.75, 3.05) is 12.0 Å². The molecule has 4 nitrogen and oxygen atoms in total.